The van der Waals surface area contributed by atoms with Gasteiger partial charge in [0.1, 0.15) is 0 Å². The molecule has 0 unspecified atom stereocenters. The molecule has 0 spiro atoms. The Morgan fingerprint density at radius 1 is 0.906 bits per heavy atom. The zero-order valence-corrected chi connectivity index (χ0v) is 18.0. The molecule has 0 N–H and O–H groups in total. The summed E-state index contributed by atoms with van der Waals surface area (Å²) in [5, 5.41) is 0. The molecule has 170 valence electrons. The second-order valence-corrected chi connectivity index (χ2v) is 9.06. The normalized spacial score (nSPS) is 23.5. The maximum absolute atomic E-state index is 13.6. The standard InChI is InChI=1S/C25H28F3N3O/c26-25(27,28)19-7-5-8-20(17-19)29-12-14-30(15-13-29)24(32)21-16-18-6-1-2-9-22(18)31-11-4-3-10-23(21)31/h1-2,5-9,17,21,23H,3-4,10-16H2/t21-,23-/m1/s1. The molecular weight excluding hydrogens is 415 g/mol. The van der Waals surface area contributed by atoms with Crippen molar-refractivity contribution in [2.75, 3.05) is 42.5 Å². The third-order valence-electron chi connectivity index (χ3n) is 7.20. The van der Waals surface area contributed by atoms with E-state index in [0.29, 0.717) is 31.9 Å². The highest BCUT2D eigenvalue weighted by Crippen LogP contribution is 2.39. The smallest absolute Gasteiger partial charge is 0.368 e. The molecule has 4 nitrogen and oxygen atoms in total. The van der Waals surface area contributed by atoms with Gasteiger partial charge in [0, 0.05) is 50.1 Å². The number of rotatable bonds is 2. The van der Waals surface area contributed by atoms with Crippen molar-refractivity contribution in [3.05, 3.63) is 59.7 Å². The summed E-state index contributed by atoms with van der Waals surface area (Å²) in [6.45, 7) is 3.17. The SMILES string of the molecule is O=C([C@@H]1Cc2ccccc2N2CCCC[C@H]12)N1CCN(c2cccc(C(F)(F)F)c2)CC1. The van der Waals surface area contributed by atoms with Crippen molar-refractivity contribution in [3.63, 3.8) is 0 Å². The first-order chi connectivity index (χ1) is 15.4. The Bertz CT molecular complexity index is 984. The number of hydrogen-bond acceptors (Lipinski definition) is 3. The number of hydrogen-bond donors (Lipinski definition) is 0. The highest BCUT2D eigenvalue weighted by molar-refractivity contribution is 5.82. The van der Waals surface area contributed by atoms with E-state index in [0.717, 1.165) is 38.3 Å². The number of alkyl halides is 3. The quantitative estimate of drug-likeness (QED) is 0.680. The lowest BCUT2D eigenvalue weighted by atomic mass is 9.80. The van der Waals surface area contributed by atoms with Gasteiger partial charge in [0.25, 0.3) is 0 Å². The van der Waals surface area contributed by atoms with Crippen molar-refractivity contribution < 1.29 is 18.0 Å². The lowest BCUT2D eigenvalue weighted by Crippen LogP contribution is -2.57. The molecular formula is C25H28F3N3O. The van der Waals surface area contributed by atoms with E-state index in [1.54, 1.807) is 6.07 Å². The van der Waals surface area contributed by atoms with Crippen molar-refractivity contribution in [2.24, 2.45) is 5.92 Å². The molecule has 3 aliphatic heterocycles. The summed E-state index contributed by atoms with van der Waals surface area (Å²) in [5.41, 5.74) is 2.45. The molecule has 3 aliphatic rings. The lowest BCUT2D eigenvalue weighted by Gasteiger charge is -2.47. The molecule has 2 atom stereocenters. The zero-order chi connectivity index (χ0) is 22.3. The molecule has 0 bridgehead atoms. The van der Waals surface area contributed by atoms with Crippen LogP contribution in [0.3, 0.4) is 0 Å². The Labute approximate surface area is 186 Å². The maximum atomic E-state index is 13.6. The van der Waals surface area contributed by atoms with Crippen molar-refractivity contribution in [2.45, 2.75) is 37.9 Å². The molecule has 2 aromatic carbocycles. The second kappa shape index (κ2) is 8.34. The van der Waals surface area contributed by atoms with Gasteiger partial charge in [0.2, 0.25) is 5.91 Å². The van der Waals surface area contributed by atoms with E-state index in [-0.39, 0.29) is 17.9 Å². The van der Waals surface area contributed by atoms with Crippen molar-refractivity contribution in [1.29, 1.82) is 0 Å². The minimum absolute atomic E-state index is 0.0506. The van der Waals surface area contributed by atoms with Crippen LogP contribution in [0.2, 0.25) is 0 Å². The van der Waals surface area contributed by atoms with E-state index in [1.165, 1.54) is 23.4 Å². The van der Waals surface area contributed by atoms with Crippen LogP contribution in [-0.2, 0) is 17.4 Å². The third-order valence-corrected chi connectivity index (χ3v) is 7.20. The van der Waals surface area contributed by atoms with Gasteiger partial charge in [-0.15, -0.1) is 0 Å². The number of carbonyl (C=O) groups is 1. The van der Waals surface area contributed by atoms with Gasteiger partial charge in [-0.05, 0) is 55.5 Å². The molecule has 0 aliphatic carbocycles. The average Bonchev–Trinajstić information content (AvgIpc) is 2.83. The first-order valence-electron chi connectivity index (χ1n) is 11.5. The summed E-state index contributed by atoms with van der Waals surface area (Å²) in [5.74, 6) is 0.144. The van der Waals surface area contributed by atoms with Crippen molar-refractivity contribution in [1.82, 2.24) is 4.90 Å². The Morgan fingerprint density at radius 2 is 1.69 bits per heavy atom. The van der Waals surface area contributed by atoms with E-state index in [2.05, 4.69) is 23.1 Å². The first-order valence-corrected chi connectivity index (χ1v) is 11.5. The fourth-order valence-electron chi connectivity index (χ4n) is 5.56. The summed E-state index contributed by atoms with van der Waals surface area (Å²) >= 11 is 0. The second-order valence-electron chi connectivity index (χ2n) is 9.06. The highest BCUT2D eigenvalue weighted by atomic mass is 19.4. The Hall–Kier alpha value is -2.70. The van der Waals surface area contributed by atoms with E-state index in [9.17, 15) is 18.0 Å². The molecule has 7 heteroatoms. The molecule has 5 rings (SSSR count). The highest BCUT2D eigenvalue weighted by Gasteiger charge is 2.41. The number of nitrogens with zero attached hydrogens (tertiary/aromatic N) is 3. The Balaban J connectivity index is 1.29. The monoisotopic (exact) mass is 443 g/mol. The maximum Gasteiger partial charge on any atom is 0.416 e. The summed E-state index contributed by atoms with van der Waals surface area (Å²) in [6.07, 6.45) is -0.242. The molecule has 0 saturated carbocycles. The molecule has 0 radical (unpaired) electrons. The summed E-state index contributed by atoms with van der Waals surface area (Å²) in [6, 6.07) is 14.1. The van der Waals surface area contributed by atoms with Crippen LogP contribution in [0, 0.1) is 5.92 Å². The number of para-hydroxylation sites is 1. The van der Waals surface area contributed by atoms with Crippen molar-refractivity contribution >= 4 is 17.3 Å². The van der Waals surface area contributed by atoms with E-state index in [1.807, 2.05) is 15.9 Å². The van der Waals surface area contributed by atoms with Gasteiger partial charge in [-0.25, -0.2) is 0 Å². The number of halogens is 3. The van der Waals surface area contributed by atoms with Gasteiger partial charge in [0.05, 0.1) is 11.5 Å². The van der Waals surface area contributed by atoms with Crippen LogP contribution in [0.1, 0.15) is 30.4 Å². The molecule has 32 heavy (non-hydrogen) atoms. The number of amides is 1. The van der Waals surface area contributed by atoms with Gasteiger partial charge in [-0.3, -0.25) is 4.79 Å². The minimum atomic E-state index is -4.35. The molecule has 0 aromatic heterocycles. The van der Waals surface area contributed by atoms with Crippen LogP contribution in [0.25, 0.3) is 0 Å². The first kappa shape index (κ1) is 21.2. The minimum Gasteiger partial charge on any atom is -0.368 e. The van der Waals surface area contributed by atoms with Crippen molar-refractivity contribution in [3.8, 4) is 0 Å². The molecule has 2 aromatic rings. The molecule has 2 saturated heterocycles. The fraction of sp³-hybridized carbons (Fsp3) is 0.480. The number of benzene rings is 2. The van der Waals surface area contributed by atoms with Gasteiger partial charge >= 0.3 is 6.18 Å². The van der Waals surface area contributed by atoms with Crippen LogP contribution in [0.4, 0.5) is 24.5 Å². The summed E-state index contributed by atoms with van der Waals surface area (Å²) in [7, 11) is 0. The predicted molar refractivity (Wildman–Crippen MR) is 119 cm³/mol. The number of carbonyl (C=O) groups excluding carboxylic acids is 1. The van der Waals surface area contributed by atoms with Crippen LogP contribution >= 0.6 is 0 Å². The van der Waals surface area contributed by atoms with Crippen LogP contribution < -0.4 is 9.80 Å². The van der Waals surface area contributed by atoms with Crippen LogP contribution in [0.5, 0.6) is 0 Å². The number of anilines is 2. The topological polar surface area (TPSA) is 26.8 Å². The van der Waals surface area contributed by atoms with E-state index < -0.39 is 11.7 Å². The number of piperidine rings is 1. The summed E-state index contributed by atoms with van der Waals surface area (Å²) < 4.78 is 39.2. The van der Waals surface area contributed by atoms with E-state index in [4.69, 9.17) is 0 Å². The van der Waals surface area contributed by atoms with E-state index >= 15 is 0 Å². The molecule has 1 amide bonds. The lowest BCUT2D eigenvalue weighted by molar-refractivity contribution is -0.137. The van der Waals surface area contributed by atoms with Gasteiger partial charge < -0.3 is 14.7 Å². The van der Waals surface area contributed by atoms with Gasteiger partial charge in [-0.2, -0.15) is 13.2 Å². The fourth-order valence-corrected chi connectivity index (χ4v) is 5.56. The Morgan fingerprint density at radius 3 is 2.47 bits per heavy atom. The molecule has 3 heterocycles. The third kappa shape index (κ3) is 3.93. The zero-order valence-electron chi connectivity index (χ0n) is 18.0. The van der Waals surface area contributed by atoms with Gasteiger partial charge in [-0.1, -0.05) is 24.3 Å². The van der Waals surface area contributed by atoms with Gasteiger partial charge in [0.15, 0.2) is 0 Å². The van der Waals surface area contributed by atoms with Crippen LogP contribution in [0.15, 0.2) is 48.5 Å². The number of fused-ring (bicyclic) bond motifs is 3. The number of piperazine rings is 1. The van der Waals surface area contributed by atoms with Crippen LogP contribution in [-0.4, -0.2) is 49.6 Å². The Kier molecular flexibility index (Phi) is 5.51. The summed E-state index contributed by atoms with van der Waals surface area (Å²) in [4.78, 5) is 19.9. The predicted octanol–water partition coefficient (Wildman–Crippen LogP) is 4.59. The molecule has 2 fully saturated rings. The average molecular weight is 444 g/mol. The largest absolute Gasteiger partial charge is 0.416 e.